The number of amides is 2. The zero-order valence-corrected chi connectivity index (χ0v) is 16.4. The van der Waals surface area contributed by atoms with Crippen LogP contribution in [0.25, 0.3) is 11.6 Å². The zero-order chi connectivity index (χ0) is 20.4. The van der Waals surface area contributed by atoms with Crippen LogP contribution in [0.4, 0.5) is 0 Å². The quantitative estimate of drug-likeness (QED) is 0.540. The molecule has 7 nitrogen and oxygen atoms in total. The highest BCUT2D eigenvalue weighted by molar-refractivity contribution is 9.10. The van der Waals surface area contributed by atoms with Crippen molar-refractivity contribution in [3.8, 4) is 11.5 Å². The Balaban J connectivity index is 2.13. The molecule has 3 rings (SSSR count). The van der Waals surface area contributed by atoms with E-state index in [1.54, 1.807) is 42.5 Å². The number of halogens is 1. The van der Waals surface area contributed by atoms with Gasteiger partial charge in [-0.25, -0.2) is 0 Å². The summed E-state index contributed by atoms with van der Waals surface area (Å²) in [6.07, 6.45) is 1.24. The Kier molecular flexibility index (Phi) is 5.51. The minimum absolute atomic E-state index is 0.0710. The van der Waals surface area contributed by atoms with Crippen LogP contribution >= 0.6 is 15.9 Å². The first-order valence-corrected chi connectivity index (χ1v) is 9.08. The Morgan fingerprint density at radius 1 is 1.18 bits per heavy atom. The van der Waals surface area contributed by atoms with Crippen molar-refractivity contribution in [1.29, 1.82) is 0 Å². The Morgan fingerprint density at radius 3 is 2.50 bits per heavy atom. The highest BCUT2D eigenvalue weighted by Crippen LogP contribution is 2.37. The van der Waals surface area contributed by atoms with Crippen molar-refractivity contribution in [1.82, 2.24) is 4.90 Å². The Morgan fingerprint density at radius 2 is 1.86 bits per heavy atom. The molecule has 0 radical (unpaired) electrons. The molecule has 8 heteroatoms. The van der Waals surface area contributed by atoms with Gasteiger partial charge < -0.3 is 14.9 Å². The molecule has 0 spiro atoms. The minimum Gasteiger partial charge on any atom is -0.503 e. The van der Waals surface area contributed by atoms with E-state index in [9.17, 15) is 19.5 Å². The largest absolute Gasteiger partial charge is 0.503 e. The van der Waals surface area contributed by atoms with Gasteiger partial charge in [-0.05, 0) is 51.3 Å². The molecule has 1 aliphatic heterocycles. The van der Waals surface area contributed by atoms with Crippen LogP contribution in [0.5, 0.6) is 11.5 Å². The van der Waals surface area contributed by atoms with Gasteiger partial charge >= 0.3 is 5.97 Å². The highest BCUT2D eigenvalue weighted by Gasteiger charge is 2.34. The number of benzene rings is 2. The van der Waals surface area contributed by atoms with Crippen LogP contribution in [0.1, 0.15) is 27.9 Å². The van der Waals surface area contributed by atoms with Crippen molar-refractivity contribution in [3.05, 3.63) is 57.6 Å². The van der Waals surface area contributed by atoms with Crippen LogP contribution in [0, 0.1) is 0 Å². The lowest BCUT2D eigenvalue weighted by atomic mass is 9.92. The fraction of sp³-hybridized carbons (Fsp3) is 0.150. The van der Waals surface area contributed by atoms with E-state index < -0.39 is 17.8 Å². The van der Waals surface area contributed by atoms with E-state index in [2.05, 4.69) is 15.9 Å². The molecular weight excluding hydrogens is 430 g/mol. The number of carboxylic acid groups (broad SMARTS) is 1. The number of aliphatic carboxylic acids is 1. The number of phenolic OH excluding ortho intramolecular Hbond substituents is 1. The molecule has 2 aromatic rings. The number of hydrogen-bond acceptors (Lipinski definition) is 5. The number of aromatic hydroxyl groups is 1. The lowest BCUT2D eigenvalue weighted by Crippen LogP contribution is -2.42. The maximum atomic E-state index is 13.0. The SMILES string of the molecule is COc1cc(C=C2C(=O)N(CCC(=O)O)C(=O)c3ccccc32)cc(Br)c1O. The molecule has 0 bridgehead atoms. The molecule has 0 saturated heterocycles. The van der Waals surface area contributed by atoms with Gasteiger partial charge in [-0.3, -0.25) is 19.3 Å². The molecule has 0 aromatic heterocycles. The Labute approximate surface area is 169 Å². The van der Waals surface area contributed by atoms with E-state index in [-0.39, 0.29) is 30.0 Å². The predicted molar refractivity (Wildman–Crippen MR) is 105 cm³/mol. The molecule has 28 heavy (non-hydrogen) atoms. The molecule has 0 saturated carbocycles. The van der Waals surface area contributed by atoms with Crippen molar-refractivity contribution < 1.29 is 29.3 Å². The molecule has 2 amide bonds. The van der Waals surface area contributed by atoms with Crippen LogP contribution in [0.2, 0.25) is 0 Å². The number of fused-ring (bicyclic) bond motifs is 1. The van der Waals surface area contributed by atoms with Crippen LogP contribution in [0.15, 0.2) is 40.9 Å². The number of phenols is 1. The first kappa shape index (κ1) is 19.6. The molecule has 2 aromatic carbocycles. The number of carbonyl (C=O) groups is 3. The normalized spacial score (nSPS) is 14.9. The monoisotopic (exact) mass is 445 g/mol. The summed E-state index contributed by atoms with van der Waals surface area (Å²) in [6.45, 7) is -0.221. The van der Waals surface area contributed by atoms with Gasteiger partial charge in [0.2, 0.25) is 0 Å². The molecule has 144 valence electrons. The summed E-state index contributed by atoms with van der Waals surface area (Å²) in [5.74, 6) is -2.05. The van der Waals surface area contributed by atoms with Gasteiger partial charge in [0, 0.05) is 17.7 Å². The van der Waals surface area contributed by atoms with Gasteiger partial charge in [-0.15, -0.1) is 0 Å². The van der Waals surface area contributed by atoms with Gasteiger partial charge in [0.05, 0.1) is 18.0 Å². The number of carbonyl (C=O) groups excluding carboxylic acids is 2. The van der Waals surface area contributed by atoms with Gasteiger partial charge in [0.15, 0.2) is 11.5 Å². The number of hydrogen-bond donors (Lipinski definition) is 2. The fourth-order valence-electron chi connectivity index (χ4n) is 2.95. The minimum atomic E-state index is -1.10. The van der Waals surface area contributed by atoms with Gasteiger partial charge in [-0.2, -0.15) is 0 Å². The van der Waals surface area contributed by atoms with Gasteiger partial charge in [0.25, 0.3) is 11.8 Å². The third-order valence-corrected chi connectivity index (χ3v) is 4.90. The third kappa shape index (κ3) is 3.63. The summed E-state index contributed by atoms with van der Waals surface area (Å²) >= 11 is 3.24. The number of methoxy groups -OCH3 is 1. The van der Waals surface area contributed by atoms with E-state index >= 15 is 0 Å². The maximum Gasteiger partial charge on any atom is 0.305 e. The molecule has 0 atom stereocenters. The van der Waals surface area contributed by atoms with Crippen LogP contribution in [0.3, 0.4) is 0 Å². The second kappa shape index (κ2) is 7.85. The Bertz CT molecular complexity index is 1010. The van der Waals surface area contributed by atoms with Gasteiger partial charge in [-0.1, -0.05) is 18.2 Å². The maximum absolute atomic E-state index is 13.0. The number of rotatable bonds is 5. The second-order valence-corrected chi connectivity index (χ2v) is 6.92. The average Bonchev–Trinajstić information content (AvgIpc) is 2.67. The first-order valence-electron chi connectivity index (χ1n) is 8.29. The third-order valence-electron chi connectivity index (χ3n) is 4.30. The highest BCUT2D eigenvalue weighted by atomic mass is 79.9. The fourth-order valence-corrected chi connectivity index (χ4v) is 3.41. The summed E-state index contributed by atoms with van der Waals surface area (Å²) in [4.78, 5) is 37.5. The van der Waals surface area contributed by atoms with Crippen molar-refractivity contribution in [2.24, 2.45) is 0 Å². The van der Waals surface area contributed by atoms with E-state index in [0.29, 0.717) is 21.2 Å². The van der Waals surface area contributed by atoms with Crippen molar-refractivity contribution >= 4 is 45.4 Å². The first-order chi connectivity index (χ1) is 13.3. The van der Waals surface area contributed by atoms with Crippen LogP contribution < -0.4 is 4.74 Å². The molecule has 2 N–H and O–H groups in total. The Hall–Kier alpha value is -3.13. The topological polar surface area (TPSA) is 104 Å². The number of nitrogens with zero attached hydrogens (tertiary/aromatic N) is 1. The molecule has 0 unspecified atom stereocenters. The standard InChI is InChI=1S/C20H16BrNO6/c1-28-16-10-11(9-15(21)18(16)25)8-14-12-4-2-3-5-13(12)19(26)22(20(14)27)7-6-17(23)24/h2-5,8-10,25H,6-7H2,1H3,(H,23,24). The lowest BCUT2D eigenvalue weighted by Gasteiger charge is -2.28. The van der Waals surface area contributed by atoms with E-state index in [1.807, 2.05) is 0 Å². The number of carboxylic acids is 1. The molecular formula is C20H16BrNO6. The molecule has 0 fully saturated rings. The van der Waals surface area contributed by atoms with E-state index in [4.69, 9.17) is 9.84 Å². The van der Waals surface area contributed by atoms with E-state index in [0.717, 1.165) is 4.90 Å². The molecule has 1 aliphatic rings. The van der Waals surface area contributed by atoms with Crippen molar-refractivity contribution in [2.75, 3.05) is 13.7 Å². The summed E-state index contributed by atoms with van der Waals surface area (Å²) in [5.41, 5.74) is 1.60. The number of ether oxygens (including phenoxy) is 1. The van der Waals surface area contributed by atoms with E-state index in [1.165, 1.54) is 7.11 Å². The predicted octanol–water partition coefficient (Wildman–Crippen LogP) is 3.16. The summed E-state index contributed by atoms with van der Waals surface area (Å²) < 4.78 is 5.51. The summed E-state index contributed by atoms with van der Waals surface area (Å²) in [6, 6.07) is 9.82. The van der Waals surface area contributed by atoms with Crippen molar-refractivity contribution in [3.63, 3.8) is 0 Å². The average molecular weight is 446 g/mol. The van der Waals surface area contributed by atoms with Crippen molar-refractivity contribution in [2.45, 2.75) is 6.42 Å². The van der Waals surface area contributed by atoms with Crippen LogP contribution in [-0.4, -0.2) is 46.6 Å². The molecule has 0 aliphatic carbocycles. The van der Waals surface area contributed by atoms with Crippen LogP contribution in [-0.2, 0) is 9.59 Å². The zero-order valence-electron chi connectivity index (χ0n) is 14.8. The molecule has 1 heterocycles. The number of imide groups is 1. The van der Waals surface area contributed by atoms with Gasteiger partial charge in [0.1, 0.15) is 0 Å². The smallest absolute Gasteiger partial charge is 0.305 e. The second-order valence-electron chi connectivity index (χ2n) is 6.06. The summed E-state index contributed by atoms with van der Waals surface area (Å²) in [5, 5.41) is 18.9. The lowest BCUT2D eigenvalue weighted by molar-refractivity contribution is -0.137. The summed E-state index contributed by atoms with van der Waals surface area (Å²) in [7, 11) is 1.41.